The van der Waals surface area contributed by atoms with E-state index >= 15 is 0 Å². The second-order valence-corrected chi connectivity index (χ2v) is 8.19. The van der Waals surface area contributed by atoms with E-state index in [1.165, 1.54) is 6.26 Å². The largest absolute Gasteiger partial charge is 0.313 e. The fourth-order valence-corrected chi connectivity index (χ4v) is 3.57. The van der Waals surface area contributed by atoms with Gasteiger partial charge in [0, 0.05) is 21.8 Å². The zero-order chi connectivity index (χ0) is 14.5. The summed E-state index contributed by atoms with van der Waals surface area (Å²) in [5.41, 5.74) is 0.960. The molecular weight excluding hydrogens is 350 g/mol. The lowest BCUT2D eigenvalue weighted by molar-refractivity contribution is 0.530. The van der Waals surface area contributed by atoms with Crippen LogP contribution in [0.3, 0.4) is 0 Å². The Labute approximate surface area is 128 Å². The van der Waals surface area contributed by atoms with Gasteiger partial charge in [0.05, 0.1) is 5.75 Å². The number of halogens is 2. The highest BCUT2D eigenvalue weighted by atomic mass is 79.9. The van der Waals surface area contributed by atoms with Crippen molar-refractivity contribution in [3.63, 3.8) is 0 Å². The minimum atomic E-state index is -3.01. The molecule has 0 spiro atoms. The van der Waals surface area contributed by atoms with Gasteiger partial charge in [-0.2, -0.15) is 0 Å². The van der Waals surface area contributed by atoms with Gasteiger partial charge in [-0.1, -0.05) is 40.5 Å². The van der Waals surface area contributed by atoms with Crippen LogP contribution < -0.4 is 5.32 Å². The van der Waals surface area contributed by atoms with E-state index in [2.05, 4.69) is 28.2 Å². The topological polar surface area (TPSA) is 46.2 Å². The lowest BCUT2D eigenvalue weighted by Gasteiger charge is -2.18. The van der Waals surface area contributed by atoms with E-state index in [-0.39, 0.29) is 11.8 Å². The number of benzene rings is 1. The molecule has 1 unspecified atom stereocenters. The molecule has 0 aliphatic heterocycles. The molecular formula is C13H19BrClNO2S. The van der Waals surface area contributed by atoms with Crippen molar-refractivity contribution >= 4 is 37.4 Å². The summed E-state index contributed by atoms with van der Waals surface area (Å²) in [5.74, 6) is 0.124. The van der Waals surface area contributed by atoms with Gasteiger partial charge in [0.2, 0.25) is 0 Å². The van der Waals surface area contributed by atoms with E-state index in [4.69, 9.17) is 11.6 Å². The first-order valence-corrected chi connectivity index (χ1v) is 9.40. The van der Waals surface area contributed by atoms with E-state index in [9.17, 15) is 8.42 Å². The summed E-state index contributed by atoms with van der Waals surface area (Å²) in [4.78, 5) is 0. The maximum absolute atomic E-state index is 11.5. The van der Waals surface area contributed by atoms with E-state index in [1.807, 2.05) is 18.2 Å². The van der Waals surface area contributed by atoms with Crippen molar-refractivity contribution in [2.75, 3.05) is 18.6 Å². The first kappa shape index (κ1) is 17.0. The Morgan fingerprint density at radius 2 is 2.11 bits per heavy atom. The maximum atomic E-state index is 11.5. The minimum absolute atomic E-state index is 0.103. The molecule has 1 N–H and O–H groups in total. The average Bonchev–Trinajstić information content (AvgIpc) is 2.27. The fraction of sp³-hybridized carbons (Fsp3) is 0.538. The third-order valence-electron chi connectivity index (χ3n) is 2.67. The van der Waals surface area contributed by atoms with Crippen molar-refractivity contribution in [2.24, 2.45) is 0 Å². The van der Waals surface area contributed by atoms with Gasteiger partial charge >= 0.3 is 0 Å². The van der Waals surface area contributed by atoms with Crippen LogP contribution in [0.15, 0.2) is 22.7 Å². The zero-order valence-electron chi connectivity index (χ0n) is 11.1. The SMILES string of the molecule is CCCNC(Cc1ccc(Br)cc1Cl)CS(C)(=O)=O. The van der Waals surface area contributed by atoms with Gasteiger partial charge < -0.3 is 5.32 Å². The number of sulfone groups is 1. The Bertz CT molecular complexity index is 519. The summed E-state index contributed by atoms with van der Waals surface area (Å²) < 4.78 is 23.8. The summed E-state index contributed by atoms with van der Waals surface area (Å²) in [6.45, 7) is 2.85. The maximum Gasteiger partial charge on any atom is 0.148 e. The molecule has 6 heteroatoms. The Morgan fingerprint density at radius 1 is 1.42 bits per heavy atom. The van der Waals surface area contributed by atoms with Crippen molar-refractivity contribution < 1.29 is 8.42 Å². The van der Waals surface area contributed by atoms with Crippen LogP contribution in [-0.4, -0.2) is 33.0 Å². The van der Waals surface area contributed by atoms with Crippen molar-refractivity contribution in [3.05, 3.63) is 33.3 Å². The highest BCUT2D eigenvalue weighted by Crippen LogP contribution is 2.22. The first-order chi connectivity index (χ1) is 8.81. The molecule has 0 fully saturated rings. The molecule has 108 valence electrons. The molecule has 0 aliphatic carbocycles. The van der Waals surface area contributed by atoms with Crippen molar-refractivity contribution in [1.29, 1.82) is 0 Å². The molecule has 3 nitrogen and oxygen atoms in total. The Kier molecular flexibility index (Phi) is 6.80. The van der Waals surface area contributed by atoms with Crippen molar-refractivity contribution in [3.8, 4) is 0 Å². The molecule has 1 aromatic carbocycles. The van der Waals surface area contributed by atoms with Crippen molar-refractivity contribution in [1.82, 2.24) is 5.32 Å². The van der Waals surface area contributed by atoms with Crippen LogP contribution in [0, 0.1) is 0 Å². The van der Waals surface area contributed by atoms with Crippen LogP contribution in [0.4, 0.5) is 0 Å². The number of rotatable bonds is 7. The van der Waals surface area contributed by atoms with Crippen LogP contribution in [0.5, 0.6) is 0 Å². The molecule has 19 heavy (non-hydrogen) atoms. The molecule has 0 aromatic heterocycles. The standard InChI is InChI=1S/C13H19BrClNO2S/c1-3-6-16-12(9-19(2,17)18)7-10-4-5-11(14)8-13(10)15/h4-5,8,12,16H,3,6-7,9H2,1-2H3. The second kappa shape index (κ2) is 7.62. The van der Waals surface area contributed by atoms with Gasteiger partial charge in [0.25, 0.3) is 0 Å². The quantitative estimate of drug-likeness (QED) is 0.804. The summed E-state index contributed by atoms with van der Waals surface area (Å²) in [7, 11) is -3.01. The number of hydrogen-bond donors (Lipinski definition) is 1. The molecule has 0 radical (unpaired) electrons. The fourth-order valence-electron chi connectivity index (χ4n) is 1.86. The molecule has 0 aliphatic rings. The van der Waals surface area contributed by atoms with Gasteiger partial charge in [0.15, 0.2) is 0 Å². The predicted octanol–water partition coefficient (Wildman–Crippen LogP) is 3.06. The molecule has 0 saturated carbocycles. The lowest BCUT2D eigenvalue weighted by Crippen LogP contribution is -2.37. The van der Waals surface area contributed by atoms with Crippen molar-refractivity contribution in [2.45, 2.75) is 25.8 Å². The average molecular weight is 369 g/mol. The summed E-state index contributed by atoms with van der Waals surface area (Å²) in [6.07, 6.45) is 2.84. The van der Waals surface area contributed by atoms with Gasteiger partial charge in [-0.05, 0) is 37.1 Å². The van der Waals surface area contributed by atoms with E-state index in [1.54, 1.807) is 0 Å². The minimum Gasteiger partial charge on any atom is -0.313 e. The van der Waals surface area contributed by atoms with Crippen LogP contribution >= 0.6 is 27.5 Å². The van der Waals surface area contributed by atoms with Crippen LogP contribution in [0.25, 0.3) is 0 Å². The molecule has 1 aromatic rings. The summed E-state index contributed by atoms with van der Waals surface area (Å²) >= 11 is 9.53. The van der Waals surface area contributed by atoms with Crippen LogP contribution in [-0.2, 0) is 16.3 Å². The number of hydrogen-bond acceptors (Lipinski definition) is 3. The van der Waals surface area contributed by atoms with Gasteiger partial charge in [-0.3, -0.25) is 0 Å². The van der Waals surface area contributed by atoms with Gasteiger partial charge in [-0.25, -0.2) is 8.42 Å². The Hall–Kier alpha value is -0.100. The Balaban J connectivity index is 2.81. The monoisotopic (exact) mass is 367 g/mol. The molecule has 1 rings (SSSR count). The molecule has 1 atom stereocenters. The first-order valence-electron chi connectivity index (χ1n) is 6.17. The second-order valence-electron chi connectivity index (χ2n) is 4.68. The third-order valence-corrected chi connectivity index (χ3v) is 4.52. The number of nitrogens with one attached hydrogen (secondary N) is 1. The van der Waals surface area contributed by atoms with Gasteiger partial charge in [0.1, 0.15) is 9.84 Å². The Morgan fingerprint density at radius 3 is 2.63 bits per heavy atom. The van der Waals surface area contributed by atoms with E-state index < -0.39 is 9.84 Å². The highest BCUT2D eigenvalue weighted by Gasteiger charge is 2.16. The van der Waals surface area contributed by atoms with E-state index in [0.29, 0.717) is 11.4 Å². The summed E-state index contributed by atoms with van der Waals surface area (Å²) in [5, 5.41) is 3.93. The highest BCUT2D eigenvalue weighted by molar-refractivity contribution is 9.10. The molecule has 0 bridgehead atoms. The van der Waals surface area contributed by atoms with Gasteiger partial charge in [-0.15, -0.1) is 0 Å². The predicted molar refractivity (Wildman–Crippen MR) is 84.6 cm³/mol. The van der Waals surface area contributed by atoms with Crippen LogP contribution in [0.2, 0.25) is 5.02 Å². The van der Waals surface area contributed by atoms with E-state index in [0.717, 1.165) is 23.0 Å². The lowest BCUT2D eigenvalue weighted by atomic mass is 10.1. The normalized spacial score (nSPS) is 13.5. The molecule has 0 heterocycles. The zero-order valence-corrected chi connectivity index (χ0v) is 14.3. The summed E-state index contributed by atoms with van der Waals surface area (Å²) in [6, 6.07) is 5.57. The molecule has 0 saturated heterocycles. The smallest absolute Gasteiger partial charge is 0.148 e. The third kappa shape index (κ3) is 6.75. The van der Waals surface area contributed by atoms with Crippen LogP contribution in [0.1, 0.15) is 18.9 Å². The molecule has 0 amide bonds.